The van der Waals surface area contributed by atoms with Crippen molar-refractivity contribution in [2.24, 2.45) is 40.2 Å². The molecule has 0 aromatic rings. The summed E-state index contributed by atoms with van der Waals surface area (Å²) in [6.45, 7) is 9.44. The van der Waals surface area contributed by atoms with Gasteiger partial charge in [-0.2, -0.15) is 0 Å². The lowest BCUT2D eigenvalue weighted by molar-refractivity contribution is -0.157. The summed E-state index contributed by atoms with van der Waals surface area (Å²) in [6.07, 6.45) is 7.14. The molecule has 35 heavy (non-hydrogen) atoms. The van der Waals surface area contributed by atoms with Gasteiger partial charge in [0.2, 0.25) is 0 Å². The van der Waals surface area contributed by atoms with Crippen LogP contribution in [-0.4, -0.2) is 46.9 Å². The van der Waals surface area contributed by atoms with E-state index in [1.54, 1.807) is 13.8 Å². The van der Waals surface area contributed by atoms with Crippen LogP contribution in [0.15, 0.2) is 0 Å². The maximum Gasteiger partial charge on any atom is 0.407 e. The Bertz CT molecular complexity index is 865. The van der Waals surface area contributed by atoms with Crippen LogP contribution in [0.25, 0.3) is 0 Å². The average molecular weight is 493 g/mol. The Kier molecular flexibility index (Phi) is 6.92. The monoisotopic (exact) mass is 492 g/mol. The van der Waals surface area contributed by atoms with Crippen LogP contribution < -0.4 is 11.1 Å². The largest absolute Gasteiger partial charge is 0.481 e. The molecule has 0 bridgehead atoms. The lowest BCUT2D eigenvalue weighted by Gasteiger charge is -2.64. The highest BCUT2D eigenvalue weighted by atomic mass is 16.6. The number of alkyl carbamates (subject to hydrolysis) is 1. The van der Waals surface area contributed by atoms with Crippen molar-refractivity contribution < 1.29 is 29.0 Å². The first-order chi connectivity index (χ1) is 16.3. The number of nitrogens with one attached hydrogen (secondary N) is 1. The van der Waals surface area contributed by atoms with Crippen LogP contribution in [-0.2, 0) is 19.1 Å². The molecule has 0 radical (unpaired) electrons. The highest BCUT2D eigenvalue weighted by Gasteiger charge is 2.67. The zero-order chi connectivity index (χ0) is 25.8. The molecule has 0 aromatic heterocycles. The lowest BCUT2D eigenvalue weighted by atomic mass is 9.42. The number of ether oxygens (including phenoxy) is 2. The molecule has 0 heterocycles. The van der Waals surface area contributed by atoms with Crippen molar-refractivity contribution >= 4 is 18.0 Å². The van der Waals surface area contributed by atoms with E-state index >= 15 is 0 Å². The second kappa shape index (κ2) is 9.24. The van der Waals surface area contributed by atoms with Crippen LogP contribution in [0, 0.1) is 34.5 Å². The zero-order valence-corrected chi connectivity index (χ0v) is 22.0. The number of carboxylic acids is 1. The average Bonchev–Trinajstić information content (AvgIpc) is 3.05. The van der Waals surface area contributed by atoms with Crippen LogP contribution >= 0.6 is 0 Å². The van der Waals surface area contributed by atoms with Gasteiger partial charge < -0.3 is 25.6 Å². The molecule has 4 rings (SSSR count). The third-order valence-corrected chi connectivity index (χ3v) is 10.9. The van der Waals surface area contributed by atoms with Gasteiger partial charge in [-0.3, -0.25) is 9.59 Å². The summed E-state index contributed by atoms with van der Waals surface area (Å²) in [5, 5.41) is 12.7. The first kappa shape index (κ1) is 26.2. The fraction of sp³-hybridized carbons (Fsp3) is 0.889. The number of hydrogen-bond donors (Lipinski definition) is 3. The fourth-order valence-corrected chi connectivity index (χ4v) is 8.64. The van der Waals surface area contributed by atoms with Crippen LogP contribution in [0.5, 0.6) is 0 Å². The minimum atomic E-state index is -0.689. The molecular weight excluding hydrogens is 448 g/mol. The van der Waals surface area contributed by atoms with E-state index in [9.17, 15) is 19.5 Å². The number of amides is 1. The number of fused-ring (bicyclic) bond motifs is 5. The van der Waals surface area contributed by atoms with E-state index < -0.39 is 23.7 Å². The van der Waals surface area contributed by atoms with Crippen molar-refractivity contribution in [2.45, 2.75) is 116 Å². The third kappa shape index (κ3) is 4.34. The molecule has 8 nitrogen and oxygen atoms in total. The van der Waals surface area contributed by atoms with Gasteiger partial charge in [0.05, 0.1) is 12.0 Å². The van der Waals surface area contributed by atoms with Crippen molar-refractivity contribution in [1.82, 2.24) is 5.32 Å². The van der Waals surface area contributed by atoms with Crippen LogP contribution in [0.4, 0.5) is 4.79 Å². The zero-order valence-electron chi connectivity index (χ0n) is 22.0. The number of aliphatic carboxylic acids is 1. The summed E-state index contributed by atoms with van der Waals surface area (Å²) in [7, 11) is 0. The Morgan fingerprint density at radius 3 is 2.37 bits per heavy atom. The smallest absolute Gasteiger partial charge is 0.407 e. The molecule has 0 saturated heterocycles. The maximum atomic E-state index is 12.5. The molecule has 0 aliphatic heterocycles. The van der Waals surface area contributed by atoms with Crippen molar-refractivity contribution in [3.63, 3.8) is 0 Å². The van der Waals surface area contributed by atoms with Crippen LogP contribution in [0.1, 0.15) is 92.4 Å². The van der Waals surface area contributed by atoms with Gasteiger partial charge in [-0.05, 0) is 100 Å². The molecule has 4 fully saturated rings. The highest BCUT2D eigenvalue weighted by Crippen LogP contribution is 2.68. The number of hydrogen-bond acceptors (Lipinski definition) is 6. The SMILES string of the molecule is CC(=O)OC(C)C(C)NC(=O)O[C@H]1CC[C@@]2(C)[C@H](CC[C@@H]3[C@@H]2CC[C@]2(C)[C@@H](C(=O)O)CC[C@]32N)C1. The van der Waals surface area contributed by atoms with Gasteiger partial charge in [-0.15, -0.1) is 0 Å². The Balaban J connectivity index is 1.39. The molecule has 0 spiro atoms. The Morgan fingerprint density at radius 2 is 1.71 bits per heavy atom. The van der Waals surface area contributed by atoms with Gasteiger partial charge in [0.1, 0.15) is 12.2 Å². The lowest BCUT2D eigenvalue weighted by Crippen LogP contribution is -2.66. The predicted molar refractivity (Wildman–Crippen MR) is 130 cm³/mol. The van der Waals surface area contributed by atoms with Gasteiger partial charge in [0, 0.05) is 12.5 Å². The quantitative estimate of drug-likeness (QED) is 0.490. The van der Waals surface area contributed by atoms with Gasteiger partial charge in [-0.1, -0.05) is 13.8 Å². The van der Waals surface area contributed by atoms with E-state index in [0.29, 0.717) is 24.2 Å². The maximum absolute atomic E-state index is 12.5. The predicted octanol–water partition coefficient (Wildman–Crippen LogP) is 4.25. The number of nitrogens with two attached hydrogens (primary N) is 1. The molecule has 4 N–H and O–H groups in total. The molecule has 1 amide bonds. The van der Waals surface area contributed by atoms with Crippen molar-refractivity contribution in [2.75, 3.05) is 0 Å². The van der Waals surface area contributed by atoms with E-state index in [1.807, 2.05) is 0 Å². The summed E-state index contributed by atoms with van der Waals surface area (Å²) in [5.41, 5.74) is 6.59. The van der Waals surface area contributed by atoms with Crippen molar-refractivity contribution in [3.05, 3.63) is 0 Å². The van der Waals surface area contributed by atoms with E-state index in [0.717, 1.165) is 51.4 Å². The molecule has 0 aromatic carbocycles. The first-order valence-electron chi connectivity index (χ1n) is 13.5. The molecule has 8 heteroatoms. The highest BCUT2D eigenvalue weighted by molar-refractivity contribution is 5.72. The van der Waals surface area contributed by atoms with E-state index in [2.05, 4.69) is 19.2 Å². The summed E-state index contributed by atoms with van der Waals surface area (Å²) < 4.78 is 11.0. The van der Waals surface area contributed by atoms with E-state index in [4.69, 9.17) is 15.2 Å². The molecule has 4 aliphatic rings. The Morgan fingerprint density at radius 1 is 1.00 bits per heavy atom. The summed E-state index contributed by atoms with van der Waals surface area (Å²) in [4.78, 5) is 35.7. The normalized spacial score (nSPS) is 44.1. The van der Waals surface area contributed by atoms with Gasteiger partial charge in [-0.25, -0.2) is 4.79 Å². The summed E-state index contributed by atoms with van der Waals surface area (Å²) in [6, 6.07) is -0.339. The Labute approximate surface area is 209 Å². The van der Waals surface area contributed by atoms with Crippen molar-refractivity contribution in [3.8, 4) is 0 Å². The van der Waals surface area contributed by atoms with Gasteiger partial charge in [0.15, 0.2) is 0 Å². The van der Waals surface area contributed by atoms with Gasteiger partial charge >= 0.3 is 18.0 Å². The number of rotatable bonds is 5. The molecule has 4 aliphatic carbocycles. The van der Waals surface area contributed by atoms with Crippen LogP contribution in [0.3, 0.4) is 0 Å². The Hall–Kier alpha value is -1.83. The van der Waals surface area contributed by atoms with Gasteiger partial charge in [0.25, 0.3) is 0 Å². The summed E-state index contributed by atoms with van der Waals surface area (Å²) in [5.74, 6) is -0.0851. The minimum Gasteiger partial charge on any atom is -0.481 e. The second-order valence-electron chi connectivity index (χ2n) is 12.5. The molecule has 198 valence electrons. The van der Waals surface area contributed by atoms with Crippen molar-refractivity contribution in [1.29, 1.82) is 0 Å². The number of carbonyl (C=O) groups is 3. The first-order valence-corrected chi connectivity index (χ1v) is 13.5. The van der Waals surface area contributed by atoms with E-state index in [1.165, 1.54) is 6.92 Å². The molecule has 4 saturated carbocycles. The van der Waals surface area contributed by atoms with E-state index in [-0.39, 0.29) is 34.9 Å². The minimum absolute atomic E-state index is 0.121. The molecule has 2 unspecified atom stereocenters. The molecular formula is C27H44N2O6. The second-order valence-corrected chi connectivity index (χ2v) is 12.5. The topological polar surface area (TPSA) is 128 Å². The number of carbonyl (C=O) groups excluding carboxylic acids is 2. The number of esters is 1. The summed E-state index contributed by atoms with van der Waals surface area (Å²) >= 11 is 0. The number of carboxylic acid groups (broad SMARTS) is 1. The van der Waals surface area contributed by atoms with Crippen LogP contribution in [0.2, 0.25) is 0 Å². The third-order valence-electron chi connectivity index (χ3n) is 10.9. The fourth-order valence-electron chi connectivity index (χ4n) is 8.64. The molecule has 10 atom stereocenters. The standard InChI is InChI=1S/C27H44N2O6/c1-15(16(2)34-17(3)30)29-24(33)35-19-8-11-25(4)18(14-19)6-7-21-20(25)9-12-26(5)22(23(31)32)10-13-27(21,26)28/h15-16,18-22H,6-14,28H2,1-5H3,(H,29,33)(H,31,32)/t15?,16?,18-,19+,20+,21-,22-,25+,26-,27+/m1/s1.